The van der Waals surface area contributed by atoms with E-state index in [1.54, 1.807) is 0 Å². The number of hydrogen-bond acceptors (Lipinski definition) is 3. The van der Waals surface area contributed by atoms with Gasteiger partial charge in [-0.15, -0.1) is 0 Å². The topological polar surface area (TPSA) is 64.4 Å². The van der Waals surface area contributed by atoms with E-state index in [0.29, 0.717) is 6.54 Å². The minimum Gasteiger partial charge on any atom is -0.373 e. The third-order valence-corrected chi connectivity index (χ3v) is 4.10. The van der Waals surface area contributed by atoms with Crippen LogP contribution in [0, 0.1) is 5.41 Å². The van der Waals surface area contributed by atoms with E-state index in [1.807, 2.05) is 34.6 Å². The molecule has 4 nitrogen and oxygen atoms in total. The number of amides is 1. The summed E-state index contributed by atoms with van der Waals surface area (Å²) in [6.45, 7) is 10.9. The van der Waals surface area contributed by atoms with Crippen LogP contribution in [0.25, 0.3) is 0 Å². The molecule has 100 valence electrons. The van der Waals surface area contributed by atoms with Gasteiger partial charge in [-0.1, -0.05) is 0 Å². The second kappa shape index (κ2) is 4.58. The highest BCUT2D eigenvalue weighted by atomic mass is 16.5. The lowest BCUT2D eigenvalue weighted by molar-refractivity contribution is -0.133. The summed E-state index contributed by atoms with van der Waals surface area (Å²) in [5, 5.41) is 2.97. The van der Waals surface area contributed by atoms with Crippen LogP contribution < -0.4 is 11.1 Å². The minimum absolute atomic E-state index is 0.0123. The quantitative estimate of drug-likeness (QED) is 0.784. The van der Waals surface area contributed by atoms with Gasteiger partial charge in [0.15, 0.2) is 0 Å². The van der Waals surface area contributed by atoms with Crippen molar-refractivity contribution in [3.63, 3.8) is 0 Å². The van der Waals surface area contributed by atoms with E-state index in [1.165, 1.54) is 0 Å². The second-order valence-corrected chi connectivity index (χ2v) is 6.43. The molecule has 0 bridgehead atoms. The molecule has 0 saturated carbocycles. The Balaban J connectivity index is 2.55. The number of ether oxygens (including phenoxy) is 1. The van der Waals surface area contributed by atoms with E-state index in [9.17, 15) is 4.79 Å². The second-order valence-electron chi connectivity index (χ2n) is 6.43. The summed E-state index contributed by atoms with van der Waals surface area (Å²) in [6.07, 6.45) is 2.07. The van der Waals surface area contributed by atoms with Crippen molar-refractivity contribution >= 4 is 5.91 Å². The first-order valence-electron chi connectivity index (χ1n) is 6.30. The molecule has 1 rings (SSSR count). The van der Waals surface area contributed by atoms with Crippen LogP contribution in [0.5, 0.6) is 0 Å². The van der Waals surface area contributed by atoms with Crippen LogP contribution in [0.2, 0.25) is 0 Å². The van der Waals surface area contributed by atoms with Crippen LogP contribution in [-0.4, -0.2) is 30.2 Å². The highest BCUT2D eigenvalue weighted by Gasteiger charge is 2.41. The Hall–Kier alpha value is -0.610. The average molecular weight is 242 g/mol. The van der Waals surface area contributed by atoms with Gasteiger partial charge in [0.25, 0.3) is 0 Å². The number of nitrogens with two attached hydrogens (primary N) is 1. The van der Waals surface area contributed by atoms with E-state index in [2.05, 4.69) is 5.32 Å². The first-order valence-corrected chi connectivity index (χ1v) is 6.30. The Morgan fingerprint density at radius 1 is 1.41 bits per heavy atom. The summed E-state index contributed by atoms with van der Waals surface area (Å²) in [7, 11) is 0. The zero-order valence-electron chi connectivity index (χ0n) is 11.7. The van der Waals surface area contributed by atoms with Gasteiger partial charge in [0.2, 0.25) is 5.91 Å². The smallest absolute Gasteiger partial charge is 0.227 e. The van der Waals surface area contributed by atoms with E-state index >= 15 is 0 Å². The van der Waals surface area contributed by atoms with Crippen molar-refractivity contribution in [2.75, 3.05) is 13.2 Å². The summed E-state index contributed by atoms with van der Waals surface area (Å²) in [4.78, 5) is 12.2. The standard InChI is InChI=1S/C13H26N2O2/c1-11(2,12(3,4)14)10(16)15-9-13(5)7-6-8-17-13/h6-9,14H2,1-5H3,(H,15,16). The summed E-state index contributed by atoms with van der Waals surface area (Å²) in [5.74, 6) is -0.0123. The summed E-state index contributed by atoms with van der Waals surface area (Å²) >= 11 is 0. The number of nitrogens with one attached hydrogen (secondary N) is 1. The summed E-state index contributed by atoms with van der Waals surface area (Å²) in [5.41, 5.74) is 4.69. The van der Waals surface area contributed by atoms with Crippen molar-refractivity contribution in [1.29, 1.82) is 0 Å². The van der Waals surface area contributed by atoms with Gasteiger partial charge in [-0.25, -0.2) is 0 Å². The summed E-state index contributed by atoms with van der Waals surface area (Å²) < 4.78 is 5.64. The molecule has 0 aliphatic carbocycles. The molecular formula is C13H26N2O2. The molecule has 4 heteroatoms. The van der Waals surface area contributed by atoms with Crippen molar-refractivity contribution < 1.29 is 9.53 Å². The third kappa shape index (κ3) is 3.19. The zero-order valence-corrected chi connectivity index (χ0v) is 11.7. The summed E-state index contributed by atoms with van der Waals surface area (Å²) in [6, 6.07) is 0. The molecule has 0 aromatic heterocycles. The third-order valence-electron chi connectivity index (χ3n) is 4.10. The fraction of sp³-hybridized carbons (Fsp3) is 0.923. The molecule has 17 heavy (non-hydrogen) atoms. The fourth-order valence-electron chi connectivity index (χ4n) is 1.76. The maximum atomic E-state index is 12.2. The normalized spacial score (nSPS) is 26.0. The predicted octanol–water partition coefficient (Wildman–Crippen LogP) is 1.44. The van der Waals surface area contributed by atoms with Gasteiger partial charge in [-0.05, 0) is 47.5 Å². The SMILES string of the molecule is CC1(CNC(=O)C(C)(C)C(C)(C)N)CCCO1. The first-order chi connectivity index (χ1) is 7.58. The maximum Gasteiger partial charge on any atom is 0.227 e. The van der Waals surface area contributed by atoms with E-state index in [0.717, 1.165) is 19.4 Å². The molecule has 1 saturated heterocycles. The van der Waals surface area contributed by atoms with E-state index in [4.69, 9.17) is 10.5 Å². The van der Waals surface area contributed by atoms with Crippen molar-refractivity contribution in [3.05, 3.63) is 0 Å². The van der Waals surface area contributed by atoms with Crippen LogP contribution >= 0.6 is 0 Å². The van der Waals surface area contributed by atoms with Gasteiger partial charge in [0.1, 0.15) is 0 Å². The first kappa shape index (κ1) is 14.5. The van der Waals surface area contributed by atoms with Gasteiger partial charge < -0.3 is 15.8 Å². The predicted molar refractivity (Wildman–Crippen MR) is 68.6 cm³/mol. The number of rotatable bonds is 4. The van der Waals surface area contributed by atoms with E-state index in [-0.39, 0.29) is 11.5 Å². The van der Waals surface area contributed by atoms with Crippen molar-refractivity contribution in [3.8, 4) is 0 Å². The molecule has 1 fully saturated rings. The Labute approximate surface area is 104 Å². The number of carbonyl (C=O) groups excluding carboxylic acids is 1. The molecule has 1 amide bonds. The lowest BCUT2D eigenvalue weighted by atomic mass is 9.74. The van der Waals surface area contributed by atoms with Crippen LogP contribution in [0.15, 0.2) is 0 Å². The van der Waals surface area contributed by atoms with Crippen LogP contribution in [0.3, 0.4) is 0 Å². The molecule has 0 spiro atoms. The van der Waals surface area contributed by atoms with Crippen molar-refractivity contribution in [1.82, 2.24) is 5.32 Å². The highest BCUT2D eigenvalue weighted by Crippen LogP contribution is 2.29. The largest absolute Gasteiger partial charge is 0.373 e. The molecule has 3 N–H and O–H groups in total. The molecule has 1 atom stereocenters. The number of hydrogen-bond donors (Lipinski definition) is 2. The monoisotopic (exact) mass is 242 g/mol. The minimum atomic E-state index is -0.595. The van der Waals surface area contributed by atoms with Crippen LogP contribution in [-0.2, 0) is 9.53 Å². The number of carbonyl (C=O) groups is 1. The molecule has 0 aromatic carbocycles. The maximum absolute atomic E-state index is 12.2. The van der Waals surface area contributed by atoms with Crippen LogP contribution in [0.4, 0.5) is 0 Å². The molecular weight excluding hydrogens is 216 g/mol. The fourth-order valence-corrected chi connectivity index (χ4v) is 1.76. The Bertz CT molecular complexity index is 286. The van der Waals surface area contributed by atoms with Gasteiger partial charge >= 0.3 is 0 Å². The Morgan fingerprint density at radius 3 is 2.41 bits per heavy atom. The van der Waals surface area contributed by atoms with Gasteiger partial charge in [0, 0.05) is 18.7 Å². The molecule has 1 unspecified atom stereocenters. The average Bonchev–Trinajstić information content (AvgIpc) is 2.60. The van der Waals surface area contributed by atoms with Crippen molar-refractivity contribution in [2.24, 2.45) is 11.1 Å². The molecule has 1 aliphatic heterocycles. The molecule has 1 heterocycles. The van der Waals surface area contributed by atoms with Gasteiger partial charge in [-0.2, -0.15) is 0 Å². The molecule has 0 aromatic rings. The molecule has 1 aliphatic rings. The van der Waals surface area contributed by atoms with Gasteiger partial charge in [-0.3, -0.25) is 4.79 Å². The Kier molecular flexibility index (Phi) is 3.89. The lowest BCUT2D eigenvalue weighted by Gasteiger charge is -2.37. The van der Waals surface area contributed by atoms with Gasteiger partial charge in [0.05, 0.1) is 11.0 Å². The lowest BCUT2D eigenvalue weighted by Crippen LogP contribution is -2.57. The zero-order chi connectivity index (χ0) is 13.3. The van der Waals surface area contributed by atoms with Crippen LogP contribution in [0.1, 0.15) is 47.5 Å². The highest BCUT2D eigenvalue weighted by molar-refractivity contribution is 5.83. The van der Waals surface area contributed by atoms with Crippen molar-refractivity contribution in [2.45, 2.75) is 58.6 Å². The molecule has 0 radical (unpaired) electrons. The Morgan fingerprint density at radius 2 is 2.00 bits per heavy atom. The van der Waals surface area contributed by atoms with E-state index < -0.39 is 11.0 Å².